The predicted octanol–water partition coefficient (Wildman–Crippen LogP) is 5.02. The second-order valence-corrected chi connectivity index (χ2v) is 6.50. The monoisotopic (exact) mass is 337 g/mol. The minimum Gasteiger partial charge on any atom is -0.338 e. The van der Waals surface area contributed by atoms with Gasteiger partial charge in [-0.25, -0.2) is 9.37 Å². The molecule has 0 aliphatic carbocycles. The summed E-state index contributed by atoms with van der Waals surface area (Å²) in [5.41, 5.74) is 4.18. The molecule has 130 valence electrons. The lowest BCUT2D eigenvalue weighted by Gasteiger charge is -2.10. The largest absolute Gasteiger partial charge is 0.338 e. The number of hydrogen-bond donors (Lipinski definition) is 2. The van der Waals surface area contributed by atoms with Gasteiger partial charge < -0.3 is 10.3 Å². The molecule has 3 aromatic rings. The summed E-state index contributed by atoms with van der Waals surface area (Å²) in [6, 6.07) is 14.8. The molecule has 0 spiro atoms. The van der Waals surface area contributed by atoms with Gasteiger partial charge in [-0.2, -0.15) is 0 Å². The van der Waals surface area contributed by atoms with Crippen molar-refractivity contribution >= 4 is 0 Å². The molecule has 4 heteroatoms. The molecule has 0 radical (unpaired) electrons. The molecule has 1 heterocycles. The van der Waals surface area contributed by atoms with E-state index in [0.717, 1.165) is 35.7 Å². The maximum Gasteiger partial charge on any atom is 0.137 e. The number of aromatic amines is 1. The van der Waals surface area contributed by atoms with Crippen molar-refractivity contribution in [2.24, 2.45) is 5.92 Å². The molecule has 1 atom stereocenters. The normalized spacial score (nSPS) is 12.3. The van der Waals surface area contributed by atoms with E-state index in [9.17, 15) is 4.39 Å². The van der Waals surface area contributed by atoms with E-state index in [1.807, 2.05) is 6.20 Å². The van der Waals surface area contributed by atoms with Crippen LogP contribution in [0.15, 0.2) is 54.7 Å². The Kier molecular flexibility index (Phi) is 5.61. The molecule has 0 saturated heterocycles. The van der Waals surface area contributed by atoms with Crippen molar-refractivity contribution in [2.45, 2.75) is 26.8 Å². The maximum absolute atomic E-state index is 13.1. The Labute approximate surface area is 148 Å². The number of aromatic nitrogens is 2. The average molecular weight is 337 g/mol. The Balaban J connectivity index is 1.72. The van der Waals surface area contributed by atoms with Crippen molar-refractivity contribution < 1.29 is 4.39 Å². The second-order valence-electron chi connectivity index (χ2n) is 6.50. The summed E-state index contributed by atoms with van der Waals surface area (Å²) in [4.78, 5) is 7.75. The fourth-order valence-corrected chi connectivity index (χ4v) is 2.68. The number of rotatable bonds is 7. The standard InChI is InChI=1S/C21H24FN3/c1-3-15(2)12-23-13-16-5-4-6-18(11-16)20-14-24-21(25-20)17-7-9-19(22)10-8-17/h4-11,14-15,23H,3,12-13H2,1-2H3,(H,24,25). The number of H-pyrrole nitrogens is 1. The van der Waals surface area contributed by atoms with E-state index in [1.165, 1.54) is 24.1 Å². The quantitative estimate of drug-likeness (QED) is 0.635. The summed E-state index contributed by atoms with van der Waals surface area (Å²) in [5.74, 6) is 1.19. The highest BCUT2D eigenvalue weighted by Gasteiger charge is 2.07. The van der Waals surface area contributed by atoms with Crippen molar-refractivity contribution in [1.29, 1.82) is 0 Å². The summed E-state index contributed by atoms with van der Waals surface area (Å²) in [7, 11) is 0. The van der Waals surface area contributed by atoms with Gasteiger partial charge in [-0.1, -0.05) is 38.5 Å². The summed E-state index contributed by atoms with van der Waals surface area (Å²) >= 11 is 0. The van der Waals surface area contributed by atoms with E-state index in [0.29, 0.717) is 5.92 Å². The van der Waals surface area contributed by atoms with E-state index in [2.05, 4.69) is 53.4 Å². The first-order chi connectivity index (χ1) is 12.2. The van der Waals surface area contributed by atoms with Crippen LogP contribution < -0.4 is 5.32 Å². The summed E-state index contributed by atoms with van der Waals surface area (Å²) in [6.45, 7) is 6.35. The number of nitrogens with zero attached hydrogens (tertiary/aromatic N) is 1. The molecule has 0 aliphatic rings. The van der Waals surface area contributed by atoms with Crippen LogP contribution in [0.2, 0.25) is 0 Å². The Hall–Kier alpha value is -2.46. The number of benzene rings is 2. The van der Waals surface area contributed by atoms with Crippen LogP contribution in [0.1, 0.15) is 25.8 Å². The number of imidazole rings is 1. The highest BCUT2D eigenvalue weighted by molar-refractivity contribution is 5.64. The third-order valence-corrected chi connectivity index (χ3v) is 4.45. The maximum atomic E-state index is 13.1. The Morgan fingerprint density at radius 1 is 1.12 bits per heavy atom. The zero-order valence-corrected chi connectivity index (χ0v) is 14.7. The van der Waals surface area contributed by atoms with Crippen molar-refractivity contribution in [3.8, 4) is 22.6 Å². The molecule has 0 saturated carbocycles. The molecule has 0 fully saturated rings. The molecule has 2 N–H and O–H groups in total. The van der Waals surface area contributed by atoms with E-state index in [4.69, 9.17) is 0 Å². The van der Waals surface area contributed by atoms with Crippen LogP contribution in [0.5, 0.6) is 0 Å². The van der Waals surface area contributed by atoms with Gasteiger partial charge in [0, 0.05) is 12.1 Å². The van der Waals surface area contributed by atoms with Gasteiger partial charge in [0.05, 0.1) is 11.9 Å². The molecule has 25 heavy (non-hydrogen) atoms. The lowest BCUT2D eigenvalue weighted by molar-refractivity contribution is 0.500. The Morgan fingerprint density at radius 2 is 1.92 bits per heavy atom. The average Bonchev–Trinajstić information content (AvgIpc) is 3.12. The van der Waals surface area contributed by atoms with E-state index in [-0.39, 0.29) is 5.82 Å². The van der Waals surface area contributed by atoms with E-state index < -0.39 is 0 Å². The predicted molar refractivity (Wildman–Crippen MR) is 101 cm³/mol. The lowest BCUT2D eigenvalue weighted by atomic mass is 10.1. The zero-order chi connectivity index (χ0) is 17.6. The van der Waals surface area contributed by atoms with Crippen molar-refractivity contribution in [3.63, 3.8) is 0 Å². The van der Waals surface area contributed by atoms with Crippen LogP contribution in [0.25, 0.3) is 22.6 Å². The highest BCUT2D eigenvalue weighted by atomic mass is 19.1. The van der Waals surface area contributed by atoms with Gasteiger partial charge in [-0.05, 0) is 53.9 Å². The molecule has 0 amide bonds. The van der Waals surface area contributed by atoms with Crippen LogP contribution in [0.3, 0.4) is 0 Å². The van der Waals surface area contributed by atoms with Gasteiger partial charge >= 0.3 is 0 Å². The number of halogens is 1. The van der Waals surface area contributed by atoms with Crippen LogP contribution in [0, 0.1) is 11.7 Å². The van der Waals surface area contributed by atoms with Gasteiger partial charge in [-0.3, -0.25) is 0 Å². The molecular weight excluding hydrogens is 313 g/mol. The smallest absolute Gasteiger partial charge is 0.137 e. The third kappa shape index (κ3) is 4.54. The molecule has 3 nitrogen and oxygen atoms in total. The Bertz CT molecular complexity index is 808. The van der Waals surface area contributed by atoms with Gasteiger partial charge in [0.25, 0.3) is 0 Å². The molecule has 1 aromatic heterocycles. The third-order valence-electron chi connectivity index (χ3n) is 4.45. The Morgan fingerprint density at radius 3 is 2.68 bits per heavy atom. The van der Waals surface area contributed by atoms with Gasteiger partial charge in [0.15, 0.2) is 0 Å². The van der Waals surface area contributed by atoms with Crippen LogP contribution in [-0.4, -0.2) is 16.5 Å². The van der Waals surface area contributed by atoms with Crippen LogP contribution in [-0.2, 0) is 6.54 Å². The summed E-state index contributed by atoms with van der Waals surface area (Å²) in [5, 5.41) is 3.51. The highest BCUT2D eigenvalue weighted by Crippen LogP contribution is 2.23. The first-order valence-corrected chi connectivity index (χ1v) is 8.76. The lowest BCUT2D eigenvalue weighted by Crippen LogP contribution is -2.20. The second kappa shape index (κ2) is 8.08. The van der Waals surface area contributed by atoms with Gasteiger partial charge in [0.1, 0.15) is 11.6 Å². The van der Waals surface area contributed by atoms with Crippen LogP contribution in [0.4, 0.5) is 4.39 Å². The van der Waals surface area contributed by atoms with E-state index >= 15 is 0 Å². The summed E-state index contributed by atoms with van der Waals surface area (Å²) in [6.07, 6.45) is 3.01. The molecule has 0 bridgehead atoms. The molecule has 0 aliphatic heterocycles. The van der Waals surface area contributed by atoms with Crippen molar-refractivity contribution in [1.82, 2.24) is 15.3 Å². The fourth-order valence-electron chi connectivity index (χ4n) is 2.68. The number of nitrogens with one attached hydrogen (secondary N) is 2. The van der Waals surface area contributed by atoms with Gasteiger partial charge in [-0.15, -0.1) is 0 Å². The minimum atomic E-state index is -0.242. The molecule has 1 unspecified atom stereocenters. The van der Waals surface area contributed by atoms with Crippen molar-refractivity contribution in [2.75, 3.05) is 6.54 Å². The first kappa shape index (κ1) is 17.4. The fraction of sp³-hybridized carbons (Fsp3) is 0.286. The van der Waals surface area contributed by atoms with E-state index in [1.54, 1.807) is 12.1 Å². The first-order valence-electron chi connectivity index (χ1n) is 8.76. The zero-order valence-electron chi connectivity index (χ0n) is 14.7. The van der Waals surface area contributed by atoms with Gasteiger partial charge in [0.2, 0.25) is 0 Å². The molecular formula is C21H24FN3. The number of hydrogen-bond acceptors (Lipinski definition) is 2. The SMILES string of the molecule is CCC(C)CNCc1cccc(-c2cnc(-c3ccc(F)cc3)[nH]2)c1. The summed E-state index contributed by atoms with van der Waals surface area (Å²) < 4.78 is 13.1. The molecule has 3 rings (SSSR count). The minimum absolute atomic E-state index is 0.242. The molecule has 2 aromatic carbocycles. The van der Waals surface area contributed by atoms with Crippen LogP contribution >= 0.6 is 0 Å². The topological polar surface area (TPSA) is 40.7 Å². The van der Waals surface area contributed by atoms with Crippen molar-refractivity contribution in [3.05, 3.63) is 66.1 Å².